The van der Waals surface area contributed by atoms with Crippen molar-refractivity contribution in [3.05, 3.63) is 68.7 Å². The van der Waals surface area contributed by atoms with Gasteiger partial charge in [0, 0.05) is 25.5 Å². The summed E-state index contributed by atoms with van der Waals surface area (Å²) in [5.74, 6) is -0.725. The highest BCUT2D eigenvalue weighted by Gasteiger charge is 2.35. The largest absolute Gasteiger partial charge is 0.446 e. The van der Waals surface area contributed by atoms with Gasteiger partial charge in [-0.25, -0.2) is 0 Å². The molecule has 0 saturated carbocycles. The van der Waals surface area contributed by atoms with Gasteiger partial charge >= 0.3 is 5.97 Å². The summed E-state index contributed by atoms with van der Waals surface area (Å²) in [4.78, 5) is 33.9. The number of nitro groups is 1. The Kier molecular flexibility index (Phi) is 5.27. The monoisotopic (exact) mass is 403 g/mol. The average Bonchev–Trinajstić information content (AvgIpc) is 3.07. The molecule has 144 valence electrons. The number of amides is 1. The van der Waals surface area contributed by atoms with E-state index in [0.29, 0.717) is 11.1 Å². The smallest absolute Gasteiger partial charge is 0.308 e. The normalized spacial score (nSPS) is 15.6. The van der Waals surface area contributed by atoms with Gasteiger partial charge in [-0.3, -0.25) is 19.7 Å². The van der Waals surface area contributed by atoms with Crippen LogP contribution in [-0.4, -0.2) is 27.7 Å². The molecule has 0 fully saturated rings. The highest BCUT2D eigenvalue weighted by Crippen LogP contribution is 2.35. The second kappa shape index (κ2) is 7.65. The molecule has 0 saturated heterocycles. The molecule has 0 unspecified atom stereocenters. The third-order valence-electron chi connectivity index (χ3n) is 3.79. The first-order valence-corrected chi connectivity index (χ1v) is 8.42. The molecule has 1 atom stereocenters. The van der Waals surface area contributed by atoms with Gasteiger partial charge in [0.25, 0.3) is 5.69 Å². The van der Waals surface area contributed by atoms with Gasteiger partial charge in [-0.1, -0.05) is 29.8 Å². The number of hydrogen-bond acceptors (Lipinski definition) is 7. The quantitative estimate of drug-likeness (QED) is 0.334. The number of nitrogens with zero attached hydrogens (tertiary/aromatic N) is 3. The van der Waals surface area contributed by atoms with Crippen LogP contribution in [0.3, 0.4) is 0 Å². The molecule has 0 N–H and O–H groups in total. The molecule has 0 aliphatic carbocycles. The summed E-state index contributed by atoms with van der Waals surface area (Å²) in [7, 11) is 0. The molecule has 28 heavy (non-hydrogen) atoms. The fourth-order valence-corrected chi connectivity index (χ4v) is 2.79. The lowest BCUT2D eigenvalue weighted by Gasteiger charge is -2.19. The molecular formula is C18H14ClN3O6. The van der Waals surface area contributed by atoms with Crippen LogP contribution < -0.4 is 4.74 Å². The van der Waals surface area contributed by atoms with E-state index >= 15 is 0 Å². The second-order valence-corrected chi connectivity index (χ2v) is 6.20. The summed E-state index contributed by atoms with van der Waals surface area (Å²) < 4.78 is 11.0. The van der Waals surface area contributed by atoms with Gasteiger partial charge in [-0.15, -0.1) is 5.10 Å². The van der Waals surface area contributed by atoms with Crippen LogP contribution in [0.4, 0.5) is 5.69 Å². The fourth-order valence-electron chi connectivity index (χ4n) is 2.60. The Morgan fingerprint density at radius 3 is 2.61 bits per heavy atom. The number of para-hydroxylation sites is 1. The molecule has 0 radical (unpaired) electrons. The Morgan fingerprint density at radius 2 is 1.96 bits per heavy atom. The van der Waals surface area contributed by atoms with E-state index in [-0.39, 0.29) is 22.4 Å². The van der Waals surface area contributed by atoms with Gasteiger partial charge in [0.05, 0.1) is 10.5 Å². The minimum atomic E-state index is -1.03. The highest BCUT2D eigenvalue weighted by atomic mass is 35.5. The molecule has 1 aliphatic heterocycles. The maximum Gasteiger partial charge on any atom is 0.308 e. The number of ether oxygens (including phenoxy) is 2. The maximum absolute atomic E-state index is 12.0. The first-order chi connectivity index (χ1) is 13.3. The van der Waals surface area contributed by atoms with E-state index in [1.54, 1.807) is 24.3 Å². The lowest BCUT2D eigenvalue weighted by Crippen LogP contribution is -2.25. The topological polar surface area (TPSA) is 111 Å². The van der Waals surface area contributed by atoms with E-state index in [2.05, 4.69) is 5.10 Å². The molecule has 2 aromatic carbocycles. The molecule has 10 heteroatoms. The number of hydrazone groups is 1. The van der Waals surface area contributed by atoms with Gasteiger partial charge in [0.15, 0.2) is 0 Å². The Balaban J connectivity index is 2.01. The second-order valence-electron chi connectivity index (χ2n) is 5.80. The lowest BCUT2D eigenvalue weighted by atomic mass is 10.1. The first kappa shape index (κ1) is 19.3. The van der Waals surface area contributed by atoms with Crippen LogP contribution in [0, 0.1) is 10.1 Å². The van der Waals surface area contributed by atoms with Crippen LogP contribution in [0.15, 0.2) is 47.6 Å². The lowest BCUT2D eigenvalue weighted by molar-refractivity contribution is -0.384. The van der Waals surface area contributed by atoms with E-state index in [0.717, 1.165) is 5.01 Å². The van der Waals surface area contributed by atoms with Crippen LogP contribution in [0.5, 0.6) is 5.75 Å². The van der Waals surface area contributed by atoms with Gasteiger partial charge in [0.1, 0.15) is 10.8 Å². The minimum absolute atomic E-state index is 0.0367. The van der Waals surface area contributed by atoms with Crippen molar-refractivity contribution in [3.63, 3.8) is 0 Å². The predicted molar refractivity (Wildman–Crippen MR) is 98.7 cm³/mol. The fraction of sp³-hybridized carbons (Fsp3) is 0.167. The zero-order valence-corrected chi connectivity index (χ0v) is 15.5. The number of esters is 1. The molecular weight excluding hydrogens is 390 g/mol. The highest BCUT2D eigenvalue weighted by molar-refractivity contribution is 6.32. The molecule has 2 aromatic rings. The third-order valence-corrected chi connectivity index (χ3v) is 4.11. The van der Waals surface area contributed by atoms with E-state index in [4.69, 9.17) is 21.1 Å². The Hall–Kier alpha value is -3.46. The Morgan fingerprint density at radius 1 is 1.25 bits per heavy atom. The number of carbonyl (C=O) groups is 2. The van der Waals surface area contributed by atoms with Crippen molar-refractivity contribution < 1.29 is 24.0 Å². The SMILES string of the molecule is CC(=O)Oc1ccccc1C1=NN(C(C)=O)[C@@H](c2ccc(Cl)c([N+](=O)[O-])c2)O1. The molecule has 9 nitrogen and oxygen atoms in total. The summed E-state index contributed by atoms with van der Waals surface area (Å²) in [5, 5.41) is 16.3. The standard InChI is InChI=1S/C18H14ClN3O6/c1-10(23)21-18(12-7-8-14(19)15(9-12)22(25)26)28-17(20-21)13-5-3-4-6-16(13)27-11(2)24/h3-9,18H,1-2H3/t18-/m1/s1. The van der Waals surface area contributed by atoms with Crippen LogP contribution >= 0.6 is 11.6 Å². The van der Waals surface area contributed by atoms with Crippen LogP contribution in [0.1, 0.15) is 31.2 Å². The Labute approximate surface area is 164 Å². The van der Waals surface area contributed by atoms with Crippen molar-refractivity contribution in [3.8, 4) is 5.75 Å². The number of hydrogen-bond donors (Lipinski definition) is 0. The number of rotatable bonds is 4. The molecule has 1 amide bonds. The molecule has 1 heterocycles. The van der Waals surface area contributed by atoms with E-state index in [1.807, 2.05) is 0 Å². The minimum Gasteiger partial charge on any atom is -0.446 e. The van der Waals surface area contributed by atoms with Gasteiger partial charge in [-0.05, 0) is 18.2 Å². The molecule has 1 aliphatic rings. The number of benzene rings is 2. The van der Waals surface area contributed by atoms with Crippen molar-refractivity contribution >= 4 is 35.1 Å². The van der Waals surface area contributed by atoms with Crippen molar-refractivity contribution in [1.82, 2.24) is 5.01 Å². The van der Waals surface area contributed by atoms with Crippen molar-refractivity contribution in [2.45, 2.75) is 20.1 Å². The number of carbonyl (C=O) groups excluding carboxylic acids is 2. The predicted octanol–water partition coefficient (Wildman–Crippen LogP) is 3.41. The van der Waals surface area contributed by atoms with Crippen LogP contribution in [-0.2, 0) is 14.3 Å². The van der Waals surface area contributed by atoms with E-state index in [9.17, 15) is 19.7 Å². The summed E-state index contributed by atoms with van der Waals surface area (Å²) >= 11 is 5.85. The summed E-state index contributed by atoms with van der Waals surface area (Å²) in [6, 6.07) is 10.6. The Bertz CT molecular complexity index is 1010. The van der Waals surface area contributed by atoms with Crippen molar-refractivity contribution in [2.24, 2.45) is 5.10 Å². The van der Waals surface area contributed by atoms with Crippen molar-refractivity contribution in [2.75, 3.05) is 0 Å². The average molecular weight is 404 g/mol. The number of nitro benzene ring substituents is 1. The molecule has 0 bridgehead atoms. The molecule has 0 spiro atoms. The van der Waals surface area contributed by atoms with Gasteiger partial charge < -0.3 is 9.47 Å². The van der Waals surface area contributed by atoms with E-state index < -0.39 is 23.0 Å². The zero-order chi connectivity index (χ0) is 20.4. The summed E-state index contributed by atoms with van der Waals surface area (Å²) in [6.07, 6.45) is -1.03. The summed E-state index contributed by atoms with van der Waals surface area (Å²) in [6.45, 7) is 2.54. The van der Waals surface area contributed by atoms with Crippen LogP contribution in [0.25, 0.3) is 0 Å². The van der Waals surface area contributed by atoms with Crippen molar-refractivity contribution in [1.29, 1.82) is 0 Å². The zero-order valence-electron chi connectivity index (χ0n) is 14.8. The molecule has 3 rings (SSSR count). The summed E-state index contributed by atoms with van der Waals surface area (Å²) in [5.41, 5.74) is 0.352. The van der Waals surface area contributed by atoms with E-state index in [1.165, 1.54) is 32.0 Å². The maximum atomic E-state index is 12.0. The molecule has 0 aromatic heterocycles. The van der Waals surface area contributed by atoms with Gasteiger partial charge in [-0.2, -0.15) is 5.01 Å². The first-order valence-electron chi connectivity index (χ1n) is 8.04. The van der Waals surface area contributed by atoms with Gasteiger partial charge in [0.2, 0.25) is 18.0 Å². The van der Waals surface area contributed by atoms with Crippen LogP contribution in [0.2, 0.25) is 5.02 Å². The third kappa shape index (κ3) is 3.79. The number of halogens is 1.